The lowest BCUT2D eigenvalue weighted by Gasteiger charge is -2.36. The molecule has 0 atom stereocenters. The van der Waals surface area contributed by atoms with E-state index in [4.69, 9.17) is 14.2 Å². The van der Waals surface area contributed by atoms with Gasteiger partial charge in [0.25, 0.3) is 0 Å². The molecular weight excluding hydrogens is 384 g/mol. The summed E-state index contributed by atoms with van der Waals surface area (Å²) >= 11 is 0. The van der Waals surface area contributed by atoms with Crippen molar-refractivity contribution in [3.63, 3.8) is 0 Å². The lowest BCUT2D eigenvalue weighted by atomic mass is 10.2. The lowest BCUT2D eigenvalue weighted by molar-refractivity contribution is 0.240. The summed E-state index contributed by atoms with van der Waals surface area (Å²) in [7, 11) is 4.82. The minimum Gasteiger partial charge on any atom is -0.497 e. The van der Waals surface area contributed by atoms with Gasteiger partial charge >= 0.3 is 6.03 Å². The predicted octanol–water partition coefficient (Wildman–Crippen LogP) is 2.66. The summed E-state index contributed by atoms with van der Waals surface area (Å²) in [5, 5.41) is 5.73. The molecule has 1 aliphatic heterocycles. The van der Waals surface area contributed by atoms with E-state index in [9.17, 15) is 4.79 Å². The molecule has 2 N–H and O–H groups in total. The van der Waals surface area contributed by atoms with E-state index in [-0.39, 0.29) is 6.03 Å². The highest BCUT2D eigenvalue weighted by Gasteiger charge is 2.17. The molecule has 0 radical (unpaired) electrons. The first-order valence-electron chi connectivity index (χ1n) is 10.0. The molecule has 30 heavy (non-hydrogen) atoms. The Morgan fingerprint density at radius 2 is 1.57 bits per heavy atom. The average Bonchev–Trinajstić information content (AvgIpc) is 2.80. The maximum atomic E-state index is 12.2. The van der Waals surface area contributed by atoms with Crippen molar-refractivity contribution in [1.82, 2.24) is 10.2 Å². The number of rotatable bonds is 8. The smallest absolute Gasteiger partial charge is 0.319 e. The first-order chi connectivity index (χ1) is 14.6. The number of methoxy groups -OCH3 is 3. The molecule has 0 saturated carbocycles. The van der Waals surface area contributed by atoms with Crippen molar-refractivity contribution in [1.29, 1.82) is 0 Å². The lowest BCUT2D eigenvalue weighted by Crippen LogP contribution is -2.48. The van der Waals surface area contributed by atoms with E-state index < -0.39 is 0 Å². The van der Waals surface area contributed by atoms with Crippen LogP contribution < -0.4 is 29.7 Å². The summed E-state index contributed by atoms with van der Waals surface area (Å²) in [4.78, 5) is 16.9. The van der Waals surface area contributed by atoms with E-state index >= 15 is 0 Å². The van der Waals surface area contributed by atoms with Gasteiger partial charge in [0.2, 0.25) is 0 Å². The van der Waals surface area contributed by atoms with Crippen molar-refractivity contribution in [3.8, 4) is 17.2 Å². The van der Waals surface area contributed by atoms with Crippen molar-refractivity contribution < 1.29 is 19.0 Å². The Morgan fingerprint density at radius 1 is 0.900 bits per heavy atom. The Kier molecular flexibility index (Phi) is 7.62. The maximum absolute atomic E-state index is 12.2. The molecule has 8 heteroatoms. The molecule has 0 unspecified atom stereocenters. The summed E-state index contributed by atoms with van der Waals surface area (Å²) < 4.78 is 15.7. The van der Waals surface area contributed by atoms with Gasteiger partial charge in [0.15, 0.2) is 0 Å². The molecule has 0 bridgehead atoms. The number of amides is 2. The standard InChI is InChI=1S/C22H30N4O4/c1-28-18-6-4-17(5-7-18)26-14-12-25(13-15-26)11-10-23-22(27)24-20-9-8-19(29-2)16-21(20)30-3/h4-9,16H,10-15H2,1-3H3,(H2,23,24,27). The van der Waals surface area contributed by atoms with E-state index in [0.29, 0.717) is 23.7 Å². The highest BCUT2D eigenvalue weighted by molar-refractivity contribution is 5.91. The molecule has 2 aromatic carbocycles. The van der Waals surface area contributed by atoms with Gasteiger partial charge in [-0.3, -0.25) is 4.90 Å². The van der Waals surface area contributed by atoms with Crippen LogP contribution in [0.3, 0.4) is 0 Å². The molecule has 0 aromatic heterocycles. The van der Waals surface area contributed by atoms with Crippen LogP contribution in [-0.2, 0) is 0 Å². The molecular formula is C22H30N4O4. The van der Waals surface area contributed by atoms with Crippen LogP contribution in [0.2, 0.25) is 0 Å². The Bertz CT molecular complexity index is 820. The second-order valence-electron chi connectivity index (χ2n) is 6.97. The number of nitrogens with one attached hydrogen (secondary N) is 2. The van der Waals surface area contributed by atoms with Crippen molar-refractivity contribution in [3.05, 3.63) is 42.5 Å². The Morgan fingerprint density at radius 3 is 2.20 bits per heavy atom. The third kappa shape index (κ3) is 5.70. The first-order valence-corrected chi connectivity index (χ1v) is 10.0. The van der Waals surface area contributed by atoms with Gasteiger partial charge in [-0.1, -0.05) is 0 Å². The van der Waals surface area contributed by atoms with Crippen LogP contribution in [0.1, 0.15) is 0 Å². The highest BCUT2D eigenvalue weighted by atomic mass is 16.5. The SMILES string of the molecule is COc1ccc(N2CCN(CCNC(=O)Nc3ccc(OC)cc3OC)CC2)cc1. The van der Waals surface area contributed by atoms with Crippen LogP contribution in [-0.4, -0.2) is 71.5 Å². The highest BCUT2D eigenvalue weighted by Crippen LogP contribution is 2.28. The molecule has 2 aromatic rings. The van der Waals surface area contributed by atoms with E-state index in [1.165, 1.54) is 5.69 Å². The van der Waals surface area contributed by atoms with Crippen molar-refractivity contribution in [2.45, 2.75) is 0 Å². The van der Waals surface area contributed by atoms with Crippen LogP contribution >= 0.6 is 0 Å². The first kappa shape index (κ1) is 21.6. The zero-order valence-corrected chi connectivity index (χ0v) is 17.8. The third-order valence-electron chi connectivity index (χ3n) is 5.18. The maximum Gasteiger partial charge on any atom is 0.319 e. The van der Waals surface area contributed by atoms with Gasteiger partial charge in [-0.15, -0.1) is 0 Å². The largest absolute Gasteiger partial charge is 0.497 e. The normalized spacial score (nSPS) is 14.2. The fourth-order valence-corrected chi connectivity index (χ4v) is 3.42. The van der Waals surface area contributed by atoms with Crippen molar-refractivity contribution in [2.24, 2.45) is 0 Å². The predicted molar refractivity (Wildman–Crippen MR) is 118 cm³/mol. The van der Waals surface area contributed by atoms with Gasteiger partial charge in [0.05, 0.1) is 27.0 Å². The molecule has 2 amide bonds. The number of urea groups is 1. The number of piperazine rings is 1. The van der Waals surface area contributed by atoms with Gasteiger partial charge in [-0.2, -0.15) is 0 Å². The second-order valence-corrected chi connectivity index (χ2v) is 6.97. The number of ether oxygens (including phenoxy) is 3. The van der Waals surface area contributed by atoms with Crippen LogP contribution in [0.25, 0.3) is 0 Å². The number of hydrogen-bond acceptors (Lipinski definition) is 6. The molecule has 162 valence electrons. The second kappa shape index (κ2) is 10.6. The van der Waals surface area contributed by atoms with Gasteiger partial charge in [-0.05, 0) is 36.4 Å². The number of benzene rings is 2. The van der Waals surface area contributed by atoms with Crippen molar-refractivity contribution >= 4 is 17.4 Å². The fourth-order valence-electron chi connectivity index (χ4n) is 3.42. The molecule has 1 fully saturated rings. The summed E-state index contributed by atoms with van der Waals surface area (Å²) in [5.41, 5.74) is 1.81. The van der Waals surface area contributed by atoms with Crippen LogP contribution in [0, 0.1) is 0 Å². The van der Waals surface area contributed by atoms with E-state index in [1.807, 2.05) is 12.1 Å². The summed E-state index contributed by atoms with van der Waals surface area (Å²) in [6.07, 6.45) is 0. The monoisotopic (exact) mass is 414 g/mol. The summed E-state index contributed by atoms with van der Waals surface area (Å²) in [6, 6.07) is 13.2. The average molecular weight is 415 g/mol. The zero-order valence-electron chi connectivity index (χ0n) is 17.8. The summed E-state index contributed by atoms with van der Waals surface area (Å²) in [6.45, 7) is 5.23. The van der Waals surface area contributed by atoms with Crippen LogP contribution in [0.5, 0.6) is 17.2 Å². The zero-order chi connectivity index (χ0) is 21.3. The minimum atomic E-state index is -0.254. The van der Waals surface area contributed by atoms with Crippen molar-refractivity contribution in [2.75, 3.05) is 70.8 Å². The molecule has 0 aliphatic carbocycles. The minimum absolute atomic E-state index is 0.254. The number of anilines is 2. The number of nitrogens with zero attached hydrogens (tertiary/aromatic N) is 2. The Hall–Kier alpha value is -3.13. The number of hydrogen-bond donors (Lipinski definition) is 2. The van der Waals surface area contributed by atoms with E-state index in [1.54, 1.807) is 39.5 Å². The molecule has 1 saturated heterocycles. The Balaban J connectivity index is 1.39. The molecule has 1 aliphatic rings. The fraction of sp³-hybridized carbons (Fsp3) is 0.409. The topological polar surface area (TPSA) is 75.3 Å². The Labute approximate surface area is 177 Å². The van der Waals surface area contributed by atoms with Crippen LogP contribution in [0.15, 0.2) is 42.5 Å². The number of carbonyl (C=O) groups excluding carboxylic acids is 1. The molecule has 3 rings (SSSR count). The van der Waals surface area contributed by atoms with Crippen LogP contribution in [0.4, 0.5) is 16.2 Å². The van der Waals surface area contributed by atoms with Gasteiger partial charge in [0, 0.05) is 51.0 Å². The van der Waals surface area contributed by atoms with E-state index in [0.717, 1.165) is 38.5 Å². The summed E-state index contributed by atoms with van der Waals surface area (Å²) in [5.74, 6) is 2.10. The molecule has 1 heterocycles. The quantitative estimate of drug-likeness (QED) is 0.692. The van der Waals surface area contributed by atoms with Gasteiger partial charge in [-0.25, -0.2) is 4.79 Å². The number of carbonyl (C=O) groups is 1. The molecule has 8 nitrogen and oxygen atoms in total. The van der Waals surface area contributed by atoms with Gasteiger partial charge in [0.1, 0.15) is 17.2 Å². The molecule has 0 spiro atoms. The van der Waals surface area contributed by atoms with E-state index in [2.05, 4.69) is 32.6 Å². The third-order valence-corrected chi connectivity index (χ3v) is 5.18. The van der Waals surface area contributed by atoms with Gasteiger partial charge < -0.3 is 29.7 Å².